The first-order valence-electron chi connectivity index (χ1n) is 17.6. The Balaban J connectivity index is 1.38. The summed E-state index contributed by atoms with van der Waals surface area (Å²) in [5.74, 6) is 1.74. The van der Waals surface area contributed by atoms with Crippen LogP contribution in [0.1, 0.15) is 16.7 Å². The van der Waals surface area contributed by atoms with E-state index in [2.05, 4.69) is 148 Å². The molecule has 2 nitrogen and oxygen atoms in total. The molecular weight excluding hydrogens is 621 g/mol. The van der Waals surface area contributed by atoms with Crippen LogP contribution in [0.4, 0.5) is 0 Å². The van der Waals surface area contributed by atoms with Crippen molar-refractivity contribution in [3.8, 4) is 44.9 Å². The van der Waals surface area contributed by atoms with Crippen molar-refractivity contribution in [2.75, 3.05) is 0 Å². The van der Waals surface area contributed by atoms with Gasteiger partial charge in [0.2, 0.25) is 0 Å². The highest BCUT2D eigenvalue weighted by Crippen LogP contribution is 2.48. The van der Waals surface area contributed by atoms with Crippen LogP contribution in [-0.2, 0) is 0 Å². The highest BCUT2D eigenvalue weighted by atomic mass is 16.3. The van der Waals surface area contributed by atoms with E-state index in [9.17, 15) is 0 Å². The molecule has 0 aliphatic carbocycles. The van der Waals surface area contributed by atoms with Crippen molar-refractivity contribution in [2.45, 2.75) is 20.8 Å². The smallest absolute Gasteiger partial charge is 0.136 e. The standard InChI is InChI=1S/C49H34O2/c1-29-19-21-33(22-20-29)40-27-43(47-26-35-13-6-9-18-45(35)51-47)39-24-23-38-42(37-16-10-14-32-11-4-7-15-36(32)37)28-41(31(3)49(38)48(39)30(40)2)46-25-34-12-5-8-17-44(34)50-46/h4-28H,1-3H3. The summed E-state index contributed by atoms with van der Waals surface area (Å²) in [4.78, 5) is 0. The lowest BCUT2D eigenvalue weighted by Crippen LogP contribution is -1.96. The van der Waals surface area contributed by atoms with E-state index in [0.717, 1.165) is 44.6 Å². The molecule has 0 spiro atoms. The topological polar surface area (TPSA) is 26.3 Å². The van der Waals surface area contributed by atoms with Crippen LogP contribution in [0, 0.1) is 20.8 Å². The molecule has 8 aromatic carbocycles. The second kappa shape index (κ2) is 11.3. The quantitative estimate of drug-likeness (QED) is 0.177. The van der Waals surface area contributed by atoms with Gasteiger partial charge in [-0.2, -0.15) is 0 Å². The molecule has 0 atom stereocenters. The molecule has 0 aliphatic rings. The van der Waals surface area contributed by atoms with Crippen LogP contribution < -0.4 is 0 Å². The Bertz CT molecular complexity index is 2920. The molecule has 242 valence electrons. The summed E-state index contributed by atoms with van der Waals surface area (Å²) in [6, 6.07) is 54.4. The van der Waals surface area contributed by atoms with E-state index in [0.29, 0.717) is 0 Å². The van der Waals surface area contributed by atoms with Gasteiger partial charge in [-0.15, -0.1) is 0 Å². The first kappa shape index (κ1) is 29.5. The molecule has 0 bridgehead atoms. The third kappa shape index (κ3) is 4.64. The van der Waals surface area contributed by atoms with Crippen LogP contribution in [0.5, 0.6) is 0 Å². The number of fused-ring (bicyclic) bond motifs is 6. The molecule has 10 rings (SSSR count). The lowest BCUT2D eigenvalue weighted by atomic mass is 9.83. The third-order valence-electron chi connectivity index (χ3n) is 10.7. The summed E-state index contributed by atoms with van der Waals surface area (Å²) in [6.07, 6.45) is 0. The van der Waals surface area contributed by atoms with Gasteiger partial charge in [-0.3, -0.25) is 0 Å². The molecule has 0 saturated heterocycles. The van der Waals surface area contributed by atoms with Crippen molar-refractivity contribution in [1.29, 1.82) is 0 Å². The first-order chi connectivity index (χ1) is 25.0. The summed E-state index contributed by atoms with van der Waals surface area (Å²) in [5, 5.41) is 9.51. The number of hydrogen-bond acceptors (Lipinski definition) is 2. The van der Waals surface area contributed by atoms with Crippen LogP contribution in [0.15, 0.2) is 160 Å². The van der Waals surface area contributed by atoms with E-state index in [-0.39, 0.29) is 0 Å². The molecule has 0 N–H and O–H groups in total. The average Bonchev–Trinajstić information content (AvgIpc) is 3.80. The zero-order valence-electron chi connectivity index (χ0n) is 28.8. The van der Waals surface area contributed by atoms with Gasteiger partial charge in [0, 0.05) is 21.9 Å². The molecule has 51 heavy (non-hydrogen) atoms. The van der Waals surface area contributed by atoms with Gasteiger partial charge < -0.3 is 8.83 Å². The molecule has 2 heteroatoms. The Labute approximate surface area is 296 Å². The largest absolute Gasteiger partial charge is 0.456 e. The van der Waals surface area contributed by atoms with Crippen molar-refractivity contribution < 1.29 is 8.83 Å². The maximum absolute atomic E-state index is 6.62. The molecular formula is C49H34O2. The molecule has 0 aliphatic heterocycles. The maximum atomic E-state index is 6.62. The molecule has 10 aromatic rings. The minimum Gasteiger partial charge on any atom is -0.456 e. The van der Waals surface area contributed by atoms with E-state index < -0.39 is 0 Å². The van der Waals surface area contributed by atoms with E-state index in [1.165, 1.54) is 71.3 Å². The fourth-order valence-corrected chi connectivity index (χ4v) is 8.17. The third-order valence-corrected chi connectivity index (χ3v) is 10.7. The highest BCUT2D eigenvalue weighted by Gasteiger charge is 2.23. The van der Waals surface area contributed by atoms with Gasteiger partial charge in [0.05, 0.1) is 0 Å². The van der Waals surface area contributed by atoms with Crippen LogP contribution in [0.2, 0.25) is 0 Å². The zero-order chi connectivity index (χ0) is 34.2. The van der Waals surface area contributed by atoms with E-state index >= 15 is 0 Å². The molecule has 0 radical (unpaired) electrons. The lowest BCUT2D eigenvalue weighted by molar-refractivity contribution is 0.631. The second-order valence-corrected chi connectivity index (χ2v) is 13.8. The molecule has 2 heterocycles. The van der Waals surface area contributed by atoms with Gasteiger partial charge in [-0.1, -0.05) is 121 Å². The van der Waals surface area contributed by atoms with Gasteiger partial charge in [-0.05, 0) is 123 Å². The van der Waals surface area contributed by atoms with Crippen LogP contribution >= 0.6 is 0 Å². The summed E-state index contributed by atoms with van der Waals surface area (Å²) in [6.45, 7) is 6.68. The van der Waals surface area contributed by atoms with Gasteiger partial charge in [-0.25, -0.2) is 0 Å². The van der Waals surface area contributed by atoms with Gasteiger partial charge in [0.1, 0.15) is 22.7 Å². The fourth-order valence-electron chi connectivity index (χ4n) is 8.17. The molecule has 0 saturated carbocycles. The SMILES string of the molecule is Cc1ccc(-c2cc(-c3cc4ccccc4o3)c3ccc4c(-c5cccc6ccccc56)cc(-c5cc6ccccc6o5)c(C)c4c3c2C)cc1. The van der Waals surface area contributed by atoms with Gasteiger partial charge in [0.15, 0.2) is 0 Å². The Hall–Kier alpha value is -6.38. The van der Waals surface area contributed by atoms with Crippen molar-refractivity contribution in [2.24, 2.45) is 0 Å². The van der Waals surface area contributed by atoms with Crippen molar-refractivity contribution >= 4 is 54.3 Å². The molecule has 0 amide bonds. The Kier molecular flexibility index (Phi) is 6.56. The number of rotatable bonds is 4. The first-order valence-corrected chi connectivity index (χ1v) is 17.6. The average molecular weight is 655 g/mol. The molecule has 0 unspecified atom stereocenters. The fraction of sp³-hybridized carbons (Fsp3) is 0.0612. The van der Waals surface area contributed by atoms with Crippen molar-refractivity contribution in [3.05, 3.63) is 168 Å². The minimum atomic E-state index is 0.870. The summed E-state index contributed by atoms with van der Waals surface area (Å²) < 4.78 is 13.2. The Morgan fingerprint density at radius 3 is 1.55 bits per heavy atom. The van der Waals surface area contributed by atoms with Crippen molar-refractivity contribution in [1.82, 2.24) is 0 Å². The zero-order valence-corrected chi connectivity index (χ0v) is 28.8. The summed E-state index contributed by atoms with van der Waals surface area (Å²) in [7, 11) is 0. The number of para-hydroxylation sites is 2. The number of furan rings is 2. The normalized spacial score (nSPS) is 11.8. The summed E-state index contributed by atoms with van der Waals surface area (Å²) in [5.41, 5.74) is 12.4. The summed E-state index contributed by atoms with van der Waals surface area (Å²) >= 11 is 0. The number of benzene rings is 8. The maximum Gasteiger partial charge on any atom is 0.136 e. The predicted molar refractivity (Wildman–Crippen MR) is 214 cm³/mol. The van der Waals surface area contributed by atoms with Crippen molar-refractivity contribution in [3.63, 3.8) is 0 Å². The number of hydrogen-bond donors (Lipinski definition) is 0. The number of aryl methyl sites for hydroxylation is 3. The van der Waals surface area contributed by atoms with Crippen LogP contribution in [0.3, 0.4) is 0 Å². The van der Waals surface area contributed by atoms with Gasteiger partial charge >= 0.3 is 0 Å². The molecule has 0 fully saturated rings. The molecule has 2 aromatic heterocycles. The van der Waals surface area contributed by atoms with E-state index in [1.807, 2.05) is 24.3 Å². The minimum absolute atomic E-state index is 0.870. The van der Waals surface area contributed by atoms with Crippen LogP contribution in [0.25, 0.3) is 99.2 Å². The van der Waals surface area contributed by atoms with Crippen LogP contribution in [-0.4, -0.2) is 0 Å². The van der Waals surface area contributed by atoms with Gasteiger partial charge in [0.25, 0.3) is 0 Å². The monoisotopic (exact) mass is 654 g/mol. The lowest BCUT2D eigenvalue weighted by Gasteiger charge is -2.21. The Morgan fingerprint density at radius 2 is 0.882 bits per heavy atom. The second-order valence-electron chi connectivity index (χ2n) is 13.8. The van der Waals surface area contributed by atoms with E-state index in [4.69, 9.17) is 8.83 Å². The predicted octanol–water partition coefficient (Wildman–Crippen LogP) is 14.2. The highest BCUT2D eigenvalue weighted by molar-refractivity contribution is 6.21. The van der Waals surface area contributed by atoms with E-state index in [1.54, 1.807) is 0 Å². The Morgan fingerprint density at radius 1 is 0.353 bits per heavy atom.